The van der Waals surface area contributed by atoms with Crippen LogP contribution in [0.15, 0.2) is 12.3 Å². The van der Waals surface area contributed by atoms with Crippen molar-refractivity contribution in [2.45, 2.75) is 77.6 Å². The van der Waals surface area contributed by atoms with Crippen LogP contribution in [0.5, 0.6) is 0 Å². The number of hydrogen-bond donors (Lipinski definition) is 1. The molecule has 0 aromatic rings. The molecule has 0 radical (unpaired) electrons. The number of aliphatic hydroxyl groups is 1. The Bertz CT molecular complexity index is 219. The van der Waals surface area contributed by atoms with Crippen molar-refractivity contribution in [2.24, 2.45) is 0 Å². The van der Waals surface area contributed by atoms with Gasteiger partial charge in [0.25, 0.3) is 0 Å². The third-order valence-corrected chi connectivity index (χ3v) is 2.92. The maximum absolute atomic E-state index is 8.36. The molecule has 0 aliphatic carbocycles. The Morgan fingerprint density at radius 1 is 0.824 bits per heavy atom. The smallest absolute Gasteiger partial charge is 0.0875 e. The van der Waals surface area contributed by atoms with E-state index in [4.69, 9.17) is 5.11 Å². The zero-order chi connectivity index (χ0) is 12.6. The maximum Gasteiger partial charge on any atom is 0.0875 e. The van der Waals surface area contributed by atoms with Crippen LogP contribution >= 0.6 is 0 Å². The van der Waals surface area contributed by atoms with Crippen LogP contribution in [0.3, 0.4) is 0 Å². The highest BCUT2D eigenvalue weighted by Crippen LogP contribution is 2.10. The molecule has 0 unspecified atom stereocenters. The SMILES string of the molecule is CCCCCCCCCCCCC#C/C=C/O. The Hall–Kier alpha value is -0.900. The van der Waals surface area contributed by atoms with Gasteiger partial charge in [-0.3, -0.25) is 0 Å². The first-order valence-corrected chi connectivity index (χ1v) is 7.19. The summed E-state index contributed by atoms with van der Waals surface area (Å²) < 4.78 is 0. The summed E-state index contributed by atoms with van der Waals surface area (Å²) in [5.41, 5.74) is 0. The lowest BCUT2D eigenvalue weighted by Gasteiger charge is -2.00. The Morgan fingerprint density at radius 2 is 1.35 bits per heavy atom. The summed E-state index contributed by atoms with van der Waals surface area (Å²) in [4.78, 5) is 0. The van der Waals surface area contributed by atoms with Gasteiger partial charge in [0.05, 0.1) is 6.26 Å². The van der Waals surface area contributed by atoms with Gasteiger partial charge in [-0.1, -0.05) is 76.6 Å². The first kappa shape index (κ1) is 16.1. The van der Waals surface area contributed by atoms with Gasteiger partial charge in [0, 0.05) is 12.5 Å². The second-order valence-electron chi connectivity index (χ2n) is 4.57. The van der Waals surface area contributed by atoms with Gasteiger partial charge < -0.3 is 5.11 Å². The second kappa shape index (κ2) is 15.1. The quantitative estimate of drug-likeness (QED) is 0.307. The minimum Gasteiger partial charge on any atom is -0.515 e. The minimum absolute atomic E-state index is 0.959. The largest absolute Gasteiger partial charge is 0.515 e. The van der Waals surface area contributed by atoms with Crippen molar-refractivity contribution in [3.8, 4) is 11.8 Å². The highest BCUT2D eigenvalue weighted by atomic mass is 16.2. The van der Waals surface area contributed by atoms with Crippen LogP contribution in [0.4, 0.5) is 0 Å². The molecule has 0 atom stereocenters. The van der Waals surface area contributed by atoms with Crippen molar-refractivity contribution >= 4 is 0 Å². The molecule has 0 heterocycles. The molecule has 1 nitrogen and oxygen atoms in total. The standard InChI is InChI=1S/C16H28O/c1-2-3-4-5-6-7-8-9-10-11-12-13-14-15-16-17/h15-17H,2-12H2,1H3/b16-15+. The molecule has 0 bridgehead atoms. The molecule has 0 aliphatic rings. The Morgan fingerprint density at radius 3 is 1.88 bits per heavy atom. The number of unbranched alkanes of at least 4 members (excludes halogenated alkanes) is 10. The van der Waals surface area contributed by atoms with Gasteiger partial charge in [0.2, 0.25) is 0 Å². The van der Waals surface area contributed by atoms with E-state index in [0.29, 0.717) is 0 Å². The number of allylic oxidation sites excluding steroid dienone is 1. The van der Waals surface area contributed by atoms with E-state index in [0.717, 1.165) is 12.7 Å². The summed E-state index contributed by atoms with van der Waals surface area (Å²) >= 11 is 0. The van der Waals surface area contributed by atoms with E-state index in [-0.39, 0.29) is 0 Å². The molecule has 0 amide bonds. The molecule has 0 rings (SSSR count). The average Bonchev–Trinajstić information content (AvgIpc) is 2.35. The van der Waals surface area contributed by atoms with E-state index >= 15 is 0 Å². The van der Waals surface area contributed by atoms with Gasteiger partial charge in [0.1, 0.15) is 0 Å². The molecule has 0 saturated carbocycles. The number of aliphatic hydroxyl groups excluding tert-OH is 1. The van der Waals surface area contributed by atoms with Gasteiger partial charge in [-0.15, -0.1) is 0 Å². The summed E-state index contributed by atoms with van der Waals surface area (Å²) in [6.07, 6.45) is 17.1. The van der Waals surface area contributed by atoms with Gasteiger partial charge in [-0.25, -0.2) is 0 Å². The Labute approximate surface area is 107 Å². The van der Waals surface area contributed by atoms with Crippen molar-refractivity contribution < 1.29 is 5.11 Å². The van der Waals surface area contributed by atoms with Crippen LogP contribution in [-0.2, 0) is 0 Å². The first-order chi connectivity index (χ1) is 8.41. The lowest BCUT2D eigenvalue weighted by molar-refractivity contribution is 0.474. The fourth-order valence-corrected chi connectivity index (χ4v) is 1.87. The highest BCUT2D eigenvalue weighted by Gasteiger charge is 1.91. The molecule has 1 heteroatoms. The lowest BCUT2D eigenvalue weighted by Crippen LogP contribution is -1.81. The van der Waals surface area contributed by atoms with E-state index in [1.54, 1.807) is 0 Å². The lowest BCUT2D eigenvalue weighted by atomic mass is 10.1. The van der Waals surface area contributed by atoms with Crippen molar-refractivity contribution in [1.29, 1.82) is 0 Å². The van der Waals surface area contributed by atoms with Gasteiger partial charge >= 0.3 is 0 Å². The van der Waals surface area contributed by atoms with Crippen LogP contribution in [0.1, 0.15) is 77.6 Å². The van der Waals surface area contributed by atoms with Crippen LogP contribution in [0.2, 0.25) is 0 Å². The summed E-state index contributed by atoms with van der Waals surface area (Å²) in [5, 5.41) is 8.36. The average molecular weight is 236 g/mol. The monoisotopic (exact) mass is 236 g/mol. The predicted molar refractivity (Wildman–Crippen MR) is 76.0 cm³/mol. The van der Waals surface area contributed by atoms with Crippen molar-refractivity contribution in [3.05, 3.63) is 12.3 Å². The van der Waals surface area contributed by atoms with E-state index in [2.05, 4.69) is 18.8 Å². The summed E-state index contributed by atoms with van der Waals surface area (Å²) in [6.45, 7) is 2.26. The molecule has 0 aromatic carbocycles. The zero-order valence-corrected chi connectivity index (χ0v) is 11.4. The highest BCUT2D eigenvalue weighted by molar-refractivity contribution is 5.13. The predicted octanol–water partition coefficient (Wildman–Crippen LogP) is 5.37. The molecular formula is C16H28O. The third-order valence-electron chi connectivity index (χ3n) is 2.92. The van der Waals surface area contributed by atoms with Gasteiger partial charge in [-0.2, -0.15) is 0 Å². The van der Waals surface area contributed by atoms with Crippen LogP contribution in [-0.4, -0.2) is 5.11 Å². The summed E-state index contributed by atoms with van der Waals surface area (Å²) in [5.74, 6) is 5.80. The van der Waals surface area contributed by atoms with E-state index < -0.39 is 0 Å². The zero-order valence-electron chi connectivity index (χ0n) is 11.4. The molecule has 0 aromatic heterocycles. The maximum atomic E-state index is 8.36. The Balaban J connectivity index is 3.02. The summed E-state index contributed by atoms with van der Waals surface area (Å²) in [7, 11) is 0. The van der Waals surface area contributed by atoms with Crippen molar-refractivity contribution in [3.63, 3.8) is 0 Å². The third kappa shape index (κ3) is 15.1. The van der Waals surface area contributed by atoms with Gasteiger partial charge in [0.15, 0.2) is 0 Å². The molecule has 0 fully saturated rings. The van der Waals surface area contributed by atoms with E-state index in [9.17, 15) is 0 Å². The fourth-order valence-electron chi connectivity index (χ4n) is 1.87. The molecule has 98 valence electrons. The summed E-state index contributed by atoms with van der Waals surface area (Å²) in [6, 6.07) is 0. The normalized spacial score (nSPS) is 10.4. The number of rotatable bonds is 10. The first-order valence-electron chi connectivity index (χ1n) is 7.19. The minimum atomic E-state index is 0.959. The van der Waals surface area contributed by atoms with Crippen molar-refractivity contribution in [2.75, 3.05) is 0 Å². The van der Waals surface area contributed by atoms with Crippen LogP contribution in [0.25, 0.3) is 0 Å². The molecule has 0 saturated heterocycles. The van der Waals surface area contributed by atoms with Gasteiger partial charge in [-0.05, 0) is 6.42 Å². The Kier molecular flexibility index (Phi) is 14.3. The van der Waals surface area contributed by atoms with E-state index in [1.165, 1.54) is 70.3 Å². The molecule has 17 heavy (non-hydrogen) atoms. The number of hydrogen-bond acceptors (Lipinski definition) is 1. The topological polar surface area (TPSA) is 20.2 Å². The fraction of sp³-hybridized carbons (Fsp3) is 0.750. The van der Waals surface area contributed by atoms with Crippen LogP contribution < -0.4 is 0 Å². The second-order valence-corrected chi connectivity index (χ2v) is 4.57. The van der Waals surface area contributed by atoms with Crippen LogP contribution in [0, 0.1) is 11.8 Å². The molecular weight excluding hydrogens is 208 g/mol. The molecule has 0 spiro atoms. The van der Waals surface area contributed by atoms with Crippen molar-refractivity contribution in [1.82, 2.24) is 0 Å². The van der Waals surface area contributed by atoms with E-state index in [1.807, 2.05) is 0 Å². The molecule has 1 N–H and O–H groups in total. The molecule has 0 aliphatic heterocycles.